The summed E-state index contributed by atoms with van der Waals surface area (Å²) in [7, 11) is 0. The van der Waals surface area contributed by atoms with Crippen LogP contribution in [-0.4, -0.2) is 0 Å². The van der Waals surface area contributed by atoms with Gasteiger partial charge in [-0.25, -0.2) is 4.42 Å². The van der Waals surface area contributed by atoms with Crippen molar-refractivity contribution in [2.45, 2.75) is 6.92 Å². The summed E-state index contributed by atoms with van der Waals surface area (Å²) in [6.07, 6.45) is 0. The highest BCUT2D eigenvalue weighted by atomic mass is 16.3. The van der Waals surface area contributed by atoms with E-state index in [1.54, 1.807) is 0 Å². The van der Waals surface area contributed by atoms with Gasteiger partial charge in [0.05, 0.1) is 10.9 Å². The lowest BCUT2D eigenvalue weighted by molar-refractivity contribution is 0.619. The van der Waals surface area contributed by atoms with E-state index in [0.717, 1.165) is 16.9 Å². The van der Waals surface area contributed by atoms with Crippen LogP contribution in [0.3, 0.4) is 0 Å². The molecule has 0 fully saturated rings. The first-order valence-corrected chi connectivity index (χ1v) is 5.72. The first kappa shape index (κ1) is 10.0. The summed E-state index contributed by atoms with van der Waals surface area (Å²) >= 11 is 0. The van der Waals surface area contributed by atoms with Gasteiger partial charge in [-0.2, -0.15) is 0 Å². The van der Waals surface area contributed by atoms with Gasteiger partial charge in [0.1, 0.15) is 0 Å². The molecule has 1 heteroatoms. The molecule has 0 atom stereocenters. The second kappa shape index (κ2) is 4.02. The van der Waals surface area contributed by atoms with Crippen molar-refractivity contribution in [1.82, 2.24) is 0 Å². The van der Waals surface area contributed by atoms with Gasteiger partial charge in [-0.3, -0.25) is 0 Å². The average Bonchev–Trinajstić information content (AvgIpc) is 2.40. The molecule has 82 valence electrons. The van der Waals surface area contributed by atoms with Gasteiger partial charge in [0.2, 0.25) is 0 Å². The lowest BCUT2D eigenvalue weighted by Crippen LogP contribution is -1.82. The fraction of sp³-hybridized carbons (Fsp3) is 0.0625. The molecular weight excluding hydrogens is 208 g/mol. The van der Waals surface area contributed by atoms with E-state index in [1.165, 1.54) is 10.9 Å². The first-order chi connectivity index (χ1) is 8.34. The minimum atomic E-state index is 0.918. The third kappa shape index (κ3) is 1.80. The number of fused-ring (bicyclic) bond motifs is 1. The van der Waals surface area contributed by atoms with Crippen LogP contribution >= 0.6 is 0 Å². The normalized spacial score (nSPS) is 10.6. The highest BCUT2D eigenvalue weighted by molar-refractivity contribution is 5.82. The molecule has 0 unspecified atom stereocenters. The van der Waals surface area contributed by atoms with Crippen LogP contribution in [0.4, 0.5) is 0 Å². The fourth-order valence-electron chi connectivity index (χ4n) is 2.05. The molecule has 3 rings (SSSR count). The topological polar surface area (TPSA) is 11.3 Å². The number of hydrogen-bond donors (Lipinski definition) is 0. The van der Waals surface area contributed by atoms with Gasteiger partial charge >= 0.3 is 11.3 Å². The summed E-state index contributed by atoms with van der Waals surface area (Å²) < 4.78 is 5.93. The Hall–Kier alpha value is -2.15. The molecular formula is C16H13O+. The van der Waals surface area contributed by atoms with Crippen LogP contribution in [0.1, 0.15) is 5.56 Å². The Kier molecular flexibility index (Phi) is 2.37. The van der Waals surface area contributed by atoms with Crippen LogP contribution in [0.15, 0.2) is 65.1 Å². The molecule has 1 heterocycles. The molecule has 0 spiro atoms. The van der Waals surface area contributed by atoms with Crippen molar-refractivity contribution in [1.29, 1.82) is 0 Å². The second-order valence-corrected chi connectivity index (χ2v) is 4.16. The molecule has 0 aliphatic carbocycles. The van der Waals surface area contributed by atoms with Crippen LogP contribution in [0.2, 0.25) is 0 Å². The Morgan fingerprint density at radius 3 is 2.35 bits per heavy atom. The average molecular weight is 221 g/mol. The van der Waals surface area contributed by atoms with E-state index in [2.05, 4.69) is 31.2 Å². The van der Waals surface area contributed by atoms with Crippen LogP contribution in [0.25, 0.3) is 22.3 Å². The van der Waals surface area contributed by atoms with Gasteiger partial charge in [-0.05, 0) is 30.7 Å². The molecule has 0 N–H and O–H groups in total. The monoisotopic (exact) mass is 221 g/mol. The molecule has 0 aliphatic rings. The van der Waals surface area contributed by atoms with Gasteiger partial charge in [-0.1, -0.05) is 30.3 Å². The van der Waals surface area contributed by atoms with E-state index < -0.39 is 0 Å². The summed E-state index contributed by atoms with van der Waals surface area (Å²) in [5.74, 6) is 0.918. The van der Waals surface area contributed by atoms with E-state index in [0.29, 0.717) is 0 Å². The zero-order valence-electron chi connectivity index (χ0n) is 9.68. The van der Waals surface area contributed by atoms with Crippen molar-refractivity contribution in [3.05, 3.63) is 66.2 Å². The Labute approximate surface area is 100 Å². The molecule has 0 saturated carbocycles. The van der Waals surface area contributed by atoms with E-state index in [4.69, 9.17) is 4.42 Å². The number of hydrogen-bond acceptors (Lipinski definition) is 0. The second-order valence-electron chi connectivity index (χ2n) is 4.16. The Morgan fingerprint density at radius 1 is 0.824 bits per heavy atom. The van der Waals surface area contributed by atoms with Crippen LogP contribution in [0, 0.1) is 6.92 Å². The van der Waals surface area contributed by atoms with Gasteiger partial charge < -0.3 is 0 Å². The van der Waals surface area contributed by atoms with Crippen LogP contribution in [0.5, 0.6) is 0 Å². The summed E-state index contributed by atoms with van der Waals surface area (Å²) in [5.41, 5.74) is 3.29. The van der Waals surface area contributed by atoms with Crippen molar-refractivity contribution in [2.75, 3.05) is 0 Å². The Balaban J connectivity index is 2.26. The largest absolute Gasteiger partial charge is 0.361 e. The summed E-state index contributed by atoms with van der Waals surface area (Å²) in [5, 5.41) is 1.17. The van der Waals surface area contributed by atoms with Crippen molar-refractivity contribution in [3.8, 4) is 11.3 Å². The lowest BCUT2D eigenvalue weighted by Gasteiger charge is -1.96. The van der Waals surface area contributed by atoms with Crippen molar-refractivity contribution in [2.24, 2.45) is 0 Å². The standard InChI is InChI=1S/C16H13O/c1-12-11-16(13-7-3-2-4-8-13)17-15-10-6-5-9-14(12)15/h2-11H,1H3/q+1. The van der Waals surface area contributed by atoms with Crippen LogP contribution in [-0.2, 0) is 0 Å². The molecule has 3 aromatic rings. The maximum atomic E-state index is 5.93. The highest BCUT2D eigenvalue weighted by Gasteiger charge is 2.15. The van der Waals surface area contributed by atoms with Crippen molar-refractivity contribution >= 4 is 11.0 Å². The molecule has 1 aromatic heterocycles. The lowest BCUT2D eigenvalue weighted by atomic mass is 10.1. The smallest absolute Gasteiger partial charge is 0.207 e. The predicted octanol–water partition coefficient (Wildman–Crippen LogP) is 4.69. The molecule has 0 bridgehead atoms. The molecule has 17 heavy (non-hydrogen) atoms. The van der Waals surface area contributed by atoms with E-state index in [1.807, 2.05) is 36.4 Å². The third-order valence-corrected chi connectivity index (χ3v) is 2.94. The SMILES string of the molecule is Cc1cc(-c2ccccc2)[o+]c2ccccc12. The van der Waals surface area contributed by atoms with E-state index in [9.17, 15) is 0 Å². The van der Waals surface area contributed by atoms with Crippen molar-refractivity contribution < 1.29 is 4.42 Å². The minimum Gasteiger partial charge on any atom is -0.207 e. The quantitative estimate of drug-likeness (QED) is 0.542. The predicted molar refractivity (Wildman–Crippen MR) is 70.8 cm³/mol. The first-order valence-electron chi connectivity index (χ1n) is 5.72. The number of benzene rings is 2. The molecule has 1 nitrogen and oxygen atoms in total. The highest BCUT2D eigenvalue weighted by Crippen LogP contribution is 2.27. The Morgan fingerprint density at radius 2 is 1.53 bits per heavy atom. The van der Waals surface area contributed by atoms with Crippen molar-refractivity contribution in [3.63, 3.8) is 0 Å². The van der Waals surface area contributed by atoms with Gasteiger partial charge in [0, 0.05) is 12.1 Å². The molecule has 2 aromatic carbocycles. The number of aryl methyl sites for hydroxylation is 1. The maximum Gasteiger partial charge on any atom is 0.361 e. The van der Waals surface area contributed by atoms with Crippen LogP contribution < -0.4 is 0 Å². The zero-order valence-corrected chi connectivity index (χ0v) is 9.68. The van der Waals surface area contributed by atoms with Gasteiger partial charge in [0.25, 0.3) is 0 Å². The number of rotatable bonds is 1. The summed E-state index contributed by atoms with van der Waals surface area (Å²) in [4.78, 5) is 0. The summed E-state index contributed by atoms with van der Waals surface area (Å²) in [6, 6.07) is 20.4. The number of para-hydroxylation sites is 1. The van der Waals surface area contributed by atoms with E-state index in [-0.39, 0.29) is 0 Å². The fourth-order valence-corrected chi connectivity index (χ4v) is 2.05. The molecule has 0 radical (unpaired) electrons. The molecule has 0 amide bonds. The molecule has 0 saturated heterocycles. The zero-order chi connectivity index (χ0) is 11.7. The minimum absolute atomic E-state index is 0.918. The van der Waals surface area contributed by atoms with E-state index >= 15 is 0 Å². The maximum absolute atomic E-state index is 5.93. The van der Waals surface area contributed by atoms with Gasteiger partial charge in [0.15, 0.2) is 0 Å². The summed E-state index contributed by atoms with van der Waals surface area (Å²) in [6.45, 7) is 2.12. The third-order valence-electron chi connectivity index (χ3n) is 2.94. The molecule has 0 aliphatic heterocycles. The Bertz CT molecular complexity index is 657. The van der Waals surface area contributed by atoms with Gasteiger partial charge in [-0.15, -0.1) is 0 Å².